The van der Waals surface area contributed by atoms with Gasteiger partial charge in [-0.3, -0.25) is 68.0 Å². The van der Waals surface area contributed by atoms with Crippen LogP contribution in [-0.4, -0.2) is 322 Å². The Bertz CT molecular complexity index is 1190. The minimum atomic E-state index is -1.24. The molecule has 4 atom stereocenters. The largest absolute Gasteiger partial charge is 0.480 e. The van der Waals surface area contributed by atoms with Crippen LogP contribution in [0.5, 0.6) is 0 Å². The van der Waals surface area contributed by atoms with E-state index in [9.17, 15) is 69.6 Å². The smallest absolute Gasteiger partial charge is 0.317 e. The predicted molar refractivity (Wildman–Crippen MR) is 215 cm³/mol. The van der Waals surface area contributed by atoms with Gasteiger partial charge in [-0.25, -0.2) is 0 Å². The van der Waals surface area contributed by atoms with Crippen LogP contribution in [-0.2, 0) is 38.2 Å². The number of ether oxygens (including phenoxy) is 2. The fourth-order valence-electron chi connectivity index (χ4n) is 6.90. The molecule has 0 aromatic heterocycles. The Morgan fingerprint density at radius 2 is 0.629 bits per heavy atom. The minimum Gasteiger partial charge on any atom is -0.480 e. The van der Waals surface area contributed by atoms with Crippen LogP contribution < -0.4 is 0 Å². The molecule has 2 aliphatic rings. The lowest BCUT2D eigenvalue weighted by Gasteiger charge is -2.39. The van der Waals surface area contributed by atoms with Crippen LogP contribution in [0.1, 0.15) is 0 Å². The number of carboxylic acids is 4. The van der Waals surface area contributed by atoms with Crippen molar-refractivity contribution >= 4 is 36.8 Å². The molecule has 0 saturated carbocycles. The summed E-state index contributed by atoms with van der Waals surface area (Å²) in [5, 5.41) is 95.4. The highest BCUT2D eigenvalue weighted by atomic mass is 16.5. The zero-order valence-corrected chi connectivity index (χ0v) is 35.2. The lowest BCUT2D eigenvalue weighted by Crippen LogP contribution is -2.56. The third kappa shape index (κ3) is 24.2. The first-order valence-corrected chi connectivity index (χ1v) is 20.2. The number of aliphatic hydroxyl groups is 6. The molecule has 0 aliphatic carbocycles. The molecule has 0 unspecified atom stereocenters. The highest BCUT2D eigenvalue weighted by molar-refractivity contribution is 5.70. The summed E-state index contributed by atoms with van der Waals surface area (Å²) < 4.78 is 9.64. The van der Waals surface area contributed by atoms with E-state index in [-0.39, 0.29) is 92.0 Å². The molecule has 2 rings (SSSR count). The lowest BCUT2D eigenvalue weighted by molar-refractivity contribution is -0.140. The van der Waals surface area contributed by atoms with Crippen LogP contribution in [0.2, 0.25) is 0 Å². The Kier molecular flexibility index (Phi) is 29.8. The first-order chi connectivity index (χ1) is 29.6. The summed E-state index contributed by atoms with van der Waals surface area (Å²) in [5.74, 6) is -4.04. The standard InChI is InChI=1S/C20H40N4O10.C16H28N4O8/c25-11-15(17(29)13-27)23-5-1-21(9-19(31)32)2-6-24(16(12-26)18(30)14-28)8-4-22(3-7-23)10-20(33)34;21-13-27-11-19-5-3-17(9-15(23)24)1-2-18(10-16(25)26)4-6-20(8-7-19)12-28-14-22/h15-18,25-30H,1-14H2,(H,31,32)(H,33,34);13-14H,1-12H2,(H,23,24)(H,25,26)/t15-,16+,17-,18-;/m1./s1. The van der Waals surface area contributed by atoms with Gasteiger partial charge in [0.15, 0.2) is 0 Å². The highest BCUT2D eigenvalue weighted by Gasteiger charge is 2.30. The maximum atomic E-state index is 11.4. The van der Waals surface area contributed by atoms with Crippen LogP contribution in [0.3, 0.4) is 0 Å². The number of carbonyl (C=O) groups excluding carboxylic acids is 2. The molecule has 26 heteroatoms. The summed E-state index contributed by atoms with van der Waals surface area (Å²) in [5.41, 5.74) is 0. The molecular formula is C36H68N8O18. The van der Waals surface area contributed by atoms with Gasteiger partial charge in [0.25, 0.3) is 12.9 Å². The molecule has 2 heterocycles. The first kappa shape index (κ1) is 56.3. The Balaban J connectivity index is 0.000000632. The number of carboxylic acid groups (broad SMARTS) is 4. The van der Waals surface area contributed by atoms with E-state index in [1.807, 2.05) is 9.80 Å². The molecule has 0 aromatic rings. The van der Waals surface area contributed by atoms with Crippen LogP contribution in [0.4, 0.5) is 0 Å². The van der Waals surface area contributed by atoms with Crippen molar-refractivity contribution in [2.45, 2.75) is 24.3 Å². The zero-order chi connectivity index (χ0) is 46.5. The number of carbonyl (C=O) groups is 6. The topological polar surface area (TPSA) is 349 Å². The monoisotopic (exact) mass is 900 g/mol. The third-order valence-corrected chi connectivity index (χ3v) is 10.4. The van der Waals surface area contributed by atoms with E-state index >= 15 is 0 Å². The van der Waals surface area contributed by atoms with Gasteiger partial charge in [0.05, 0.1) is 76.9 Å². The molecular weight excluding hydrogens is 832 g/mol. The molecule has 0 aromatic carbocycles. The second-order valence-corrected chi connectivity index (χ2v) is 14.8. The predicted octanol–water partition coefficient (Wildman–Crippen LogP) is -7.56. The molecule has 0 spiro atoms. The van der Waals surface area contributed by atoms with Crippen molar-refractivity contribution in [2.75, 3.05) is 171 Å². The number of hydrogen-bond donors (Lipinski definition) is 10. The van der Waals surface area contributed by atoms with Gasteiger partial charge in [-0.15, -0.1) is 0 Å². The second kappa shape index (κ2) is 32.9. The van der Waals surface area contributed by atoms with E-state index in [0.717, 1.165) is 0 Å². The molecule has 2 fully saturated rings. The van der Waals surface area contributed by atoms with E-state index in [2.05, 4.69) is 0 Å². The van der Waals surface area contributed by atoms with Crippen molar-refractivity contribution in [2.24, 2.45) is 0 Å². The third-order valence-electron chi connectivity index (χ3n) is 10.4. The molecule has 26 nitrogen and oxygen atoms in total. The summed E-state index contributed by atoms with van der Waals surface area (Å²) in [6.45, 7) is 3.26. The van der Waals surface area contributed by atoms with Crippen molar-refractivity contribution < 1.29 is 89.3 Å². The molecule has 2 saturated heterocycles. The number of hydrogen-bond acceptors (Lipinski definition) is 22. The highest BCUT2D eigenvalue weighted by Crippen LogP contribution is 2.11. The van der Waals surface area contributed by atoms with Gasteiger partial charge >= 0.3 is 23.9 Å². The van der Waals surface area contributed by atoms with Crippen LogP contribution in [0.15, 0.2) is 0 Å². The van der Waals surface area contributed by atoms with E-state index in [1.165, 1.54) is 0 Å². The summed E-state index contributed by atoms with van der Waals surface area (Å²) in [6, 6.07) is -1.64. The fourth-order valence-corrected chi connectivity index (χ4v) is 6.90. The van der Waals surface area contributed by atoms with E-state index in [0.29, 0.717) is 65.3 Å². The number of nitrogens with zero attached hydrogens (tertiary/aromatic N) is 8. The van der Waals surface area contributed by atoms with Gasteiger partial charge in [0.2, 0.25) is 0 Å². The summed E-state index contributed by atoms with van der Waals surface area (Å²) in [7, 11) is 0. The molecule has 0 amide bonds. The maximum Gasteiger partial charge on any atom is 0.317 e. The molecule has 62 heavy (non-hydrogen) atoms. The van der Waals surface area contributed by atoms with Crippen molar-refractivity contribution in [3.8, 4) is 0 Å². The normalized spacial score (nSPS) is 20.9. The first-order valence-electron chi connectivity index (χ1n) is 20.2. The quantitative estimate of drug-likeness (QED) is 0.0451. The van der Waals surface area contributed by atoms with Crippen molar-refractivity contribution in [1.82, 2.24) is 39.2 Å². The van der Waals surface area contributed by atoms with Crippen molar-refractivity contribution in [3.63, 3.8) is 0 Å². The SMILES string of the molecule is O=C(O)CN1CCN([C@H](CO)[C@H](O)CO)CCN(CC(=O)O)CCN([C@@H](CO)[C@H](O)CO)CC1.O=COCN1CCN(COC=O)CCN(CC(=O)O)CCN(CC(=O)O)CC1. The average molecular weight is 901 g/mol. The molecule has 360 valence electrons. The number of aliphatic carboxylic acids is 4. The minimum absolute atomic E-state index is 0.0674. The van der Waals surface area contributed by atoms with E-state index in [1.54, 1.807) is 29.4 Å². The summed E-state index contributed by atoms with van der Waals surface area (Å²) in [6.07, 6.45) is -2.47. The van der Waals surface area contributed by atoms with Gasteiger partial charge in [-0.05, 0) is 0 Å². The maximum absolute atomic E-state index is 11.4. The van der Waals surface area contributed by atoms with Crippen LogP contribution in [0.25, 0.3) is 0 Å². The second-order valence-electron chi connectivity index (χ2n) is 14.8. The number of rotatable bonds is 22. The summed E-state index contributed by atoms with van der Waals surface area (Å²) in [4.78, 5) is 79.8. The van der Waals surface area contributed by atoms with E-state index in [4.69, 9.17) is 19.7 Å². The fraction of sp³-hybridized carbons (Fsp3) is 0.833. The van der Waals surface area contributed by atoms with Gasteiger partial charge < -0.3 is 60.5 Å². The molecule has 0 bridgehead atoms. The van der Waals surface area contributed by atoms with Crippen molar-refractivity contribution in [1.29, 1.82) is 0 Å². The Morgan fingerprint density at radius 3 is 0.823 bits per heavy atom. The Morgan fingerprint density at radius 1 is 0.403 bits per heavy atom. The van der Waals surface area contributed by atoms with Gasteiger partial charge in [-0.2, -0.15) is 0 Å². The molecule has 10 N–H and O–H groups in total. The zero-order valence-electron chi connectivity index (χ0n) is 35.2. The summed E-state index contributed by atoms with van der Waals surface area (Å²) >= 11 is 0. The molecule has 2 aliphatic heterocycles. The Hall–Kier alpha value is -3.74. The van der Waals surface area contributed by atoms with Gasteiger partial charge in [0, 0.05) is 105 Å². The van der Waals surface area contributed by atoms with E-state index < -0.39 is 74.6 Å². The average Bonchev–Trinajstić information content (AvgIpc) is 3.22. The van der Waals surface area contributed by atoms with Gasteiger partial charge in [-0.1, -0.05) is 0 Å². The van der Waals surface area contributed by atoms with Crippen LogP contribution >= 0.6 is 0 Å². The van der Waals surface area contributed by atoms with Gasteiger partial charge in [0.1, 0.15) is 13.5 Å². The molecule has 0 radical (unpaired) electrons. The van der Waals surface area contributed by atoms with Crippen LogP contribution in [0, 0.1) is 0 Å². The Labute approximate surface area is 360 Å². The lowest BCUT2D eigenvalue weighted by atomic mass is 10.1. The number of aliphatic hydroxyl groups excluding tert-OH is 6. The van der Waals surface area contributed by atoms with Crippen molar-refractivity contribution in [3.05, 3.63) is 0 Å².